The van der Waals surface area contributed by atoms with Crippen LogP contribution in [0.3, 0.4) is 0 Å². The van der Waals surface area contributed by atoms with Crippen LogP contribution in [0.15, 0.2) is 24.3 Å². The Kier molecular flexibility index (Phi) is 4.03. The van der Waals surface area contributed by atoms with E-state index in [1.807, 2.05) is 6.07 Å². The van der Waals surface area contributed by atoms with Crippen molar-refractivity contribution in [2.45, 2.75) is 51.4 Å². The van der Waals surface area contributed by atoms with E-state index in [0.29, 0.717) is 0 Å². The van der Waals surface area contributed by atoms with E-state index >= 15 is 0 Å². The van der Waals surface area contributed by atoms with Crippen molar-refractivity contribution in [1.29, 1.82) is 0 Å². The van der Waals surface area contributed by atoms with Crippen LogP contribution >= 0.6 is 0 Å². The summed E-state index contributed by atoms with van der Waals surface area (Å²) in [5.41, 5.74) is 0.987. The molecule has 1 fully saturated rings. The molecule has 0 radical (unpaired) electrons. The highest BCUT2D eigenvalue weighted by Gasteiger charge is 2.31. The van der Waals surface area contributed by atoms with Crippen LogP contribution in [0.1, 0.15) is 45.2 Å². The van der Waals surface area contributed by atoms with Crippen molar-refractivity contribution in [2.75, 3.05) is 6.54 Å². The molecule has 0 bridgehead atoms. The van der Waals surface area contributed by atoms with E-state index in [1.165, 1.54) is 6.07 Å². The zero-order valence-electron chi connectivity index (χ0n) is 11.4. The van der Waals surface area contributed by atoms with E-state index in [9.17, 15) is 4.39 Å². The summed E-state index contributed by atoms with van der Waals surface area (Å²) in [7, 11) is 0. The smallest absolute Gasteiger partial charge is 0.123 e. The molecule has 2 nitrogen and oxygen atoms in total. The topological polar surface area (TPSA) is 21.3 Å². The third-order valence-corrected chi connectivity index (χ3v) is 3.55. The zero-order valence-corrected chi connectivity index (χ0v) is 11.4. The number of hydrogen-bond donors (Lipinski definition) is 1. The first-order valence-electron chi connectivity index (χ1n) is 6.63. The minimum Gasteiger partial charge on any atom is -0.371 e. The van der Waals surface area contributed by atoms with Gasteiger partial charge in [0, 0.05) is 12.6 Å². The van der Waals surface area contributed by atoms with Gasteiger partial charge in [-0.25, -0.2) is 4.39 Å². The molecule has 1 unspecified atom stereocenters. The van der Waals surface area contributed by atoms with Crippen molar-refractivity contribution in [3.8, 4) is 0 Å². The number of nitrogens with one attached hydrogen (secondary N) is 1. The van der Waals surface area contributed by atoms with Crippen LogP contribution in [0.4, 0.5) is 4.39 Å². The van der Waals surface area contributed by atoms with Gasteiger partial charge in [0.1, 0.15) is 5.82 Å². The van der Waals surface area contributed by atoms with E-state index in [2.05, 4.69) is 26.1 Å². The van der Waals surface area contributed by atoms with Crippen molar-refractivity contribution < 1.29 is 9.13 Å². The molecule has 1 aromatic carbocycles. The summed E-state index contributed by atoms with van der Waals surface area (Å²) in [6, 6.07) is 6.89. The molecule has 2 atom stereocenters. The molecule has 1 aliphatic rings. The van der Waals surface area contributed by atoms with Gasteiger partial charge in [-0.2, -0.15) is 0 Å². The number of halogens is 1. The van der Waals surface area contributed by atoms with Gasteiger partial charge >= 0.3 is 0 Å². The quantitative estimate of drug-likeness (QED) is 0.885. The zero-order chi connectivity index (χ0) is 13.2. The lowest BCUT2D eigenvalue weighted by molar-refractivity contribution is -0.0150. The molecule has 100 valence electrons. The number of benzene rings is 1. The first kappa shape index (κ1) is 13.5. The third-order valence-electron chi connectivity index (χ3n) is 3.55. The monoisotopic (exact) mass is 251 g/mol. The van der Waals surface area contributed by atoms with Crippen molar-refractivity contribution in [1.82, 2.24) is 5.32 Å². The van der Waals surface area contributed by atoms with Gasteiger partial charge in [-0.1, -0.05) is 12.1 Å². The minimum absolute atomic E-state index is 0.00837. The van der Waals surface area contributed by atoms with Crippen molar-refractivity contribution >= 4 is 0 Å². The van der Waals surface area contributed by atoms with E-state index < -0.39 is 0 Å². The van der Waals surface area contributed by atoms with Crippen molar-refractivity contribution in [3.63, 3.8) is 0 Å². The molecule has 0 saturated carbocycles. The first-order chi connectivity index (χ1) is 8.46. The summed E-state index contributed by atoms with van der Waals surface area (Å²) in [5, 5.41) is 3.41. The minimum atomic E-state index is -0.181. The SMILES string of the molecule is C[C@H](NCC1CCC(C)(C)O1)c1cccc(F)c1. The molecule has 1 aromatic rings. The molecule has 1 aliphatic heterocycles. The summed E-state index contributed by atoms with van der Waals surface area (Å²) in [4.78, 5) is 0. The Bertz CT molecular complexity index is 405. The van der Waals surface area contributed by atoms with Gasteiger partial charge in [0.15, 0.2) is 0 Å². The molecular weight excluding hydrogens is 229 g/mol. The lowest BCUT2D eigenvalue weighted by Gasteiger charge is -2.21. The summed E-state index contributed by atoms with van der Waals surface area (Å²) in [5.74, 6) is -0.181. The maximum atomic E-state index is 13.1. The van der Waals surface area contributed by atoms with Crippen LogP contribution < -0.4 is 5.32 Å². The van der Waals surface area contributed by atoms with Gasteiger partial charge in [0.25, 0.3) is 0 Å². The summed E-state index contributed by atoms with van der Waals surface area (Å²) in [6.45, 7) is 7.13. The largest absolute Gasteiger partial charge is 0.371 e. The van der Waals surface area contributed by atoms with Crippen LogP contribution in [-0.4, -0.2) is 18.2 Å². The van der Waals surface area contributed by atoms with Crippen LogP contribution in [0.25, 0.3) is 0 Å². The molecule has 0 aliphatic carbocycles. The summed E-state index contributed by atoms with van der Waals surface area (Å²) in [6.07, 6.45) is 2.47. The standard InChI is InChI=1S/C15H22FNO/c1-11(12-5-4-6-13(16)9-12)17-10-14-7-8-15(2,3)18-14/h4-6,9,11,14,17H,7-8,10H2,1-3H3/t11-,14?/m0/s1. The second-order valence-corrected chi connectivity index (χ2v) is 5.72. The van der Waals surface area contributed by atoms with Gasteiger partial charge in [-0.3, -0.25) is 0 Å². The molecule has 0 spiro atoms. The average molecular weight is 251 g/mol. The van der Waals surface area contributed by atoms with Crippen molar-refractivity contribution in [3.05, 3.63) is 35.6 Å². The summed E-state index contributed by atoms with van der Waals surface area (Å²) < 4.78 is 19.0. The van der Waals surface area contributed by atoms with E-state index in [1.54, 1.807) is 12.1 Å². The molecule has 1 heterocycles. The highest BCUT2D eigenvalue weighted by atomic mass is 19.1. The molecule has 0 amide bonds. The number of rotatable bonds is 4. The molecule has 2 rings (SSSR count). The Labute approximate surface area is 109 Å². The van der Waals surface area contributed by atoms with Crippen LogP contribution in [0.2, 0.25) is 0 Å². The molecule has 1 N–H and O–H groups in total. The van der Waals surface area contributed by atoms with Gasteiger partial charge in [0.05, 0.1) is 11.7 Å². The Morgan fingerprint density at radius 2 is 2.28 bits per heavy atom. The molecule has 1 saturated heterocycles. The lowest BCUT2D eigenvalue weighted by atomic mass is 10.1. The predicted octanol–water partition coefficient (Wildman–Crippen LogP) is 3.43. The van der Waals surface area contributed by atoms with Crippen LogP contribution in [0.5, 0.6) is 0 Å². The fourth-order valence-electron chi connectivity index (χ4n) is 2.42. The van der Waals surface area contributed by atoms with E-state index in [4.69, 9.17) is 4.74 Å². The van der Waals surface area contributed by atoms with Crippen LogP contribution in [-0.2, 0) is 4.74 Å². The van der Waals surface area contributed by atoms with Crippen molar-refractivity contribution in [2.24, 2.45) is 0 Å². The van der Waals surface area contributed by atoms with Crippen LogP contribution in [0, 0.1) is 5.82 Å². The Hall–Kier alpha value is -0.930. The second-order valence-electron chi connectivity index (χ2n) is 5.72. The molecular formula is C15H22FNO. The Balaban J connectivity index is 1.84. The summed E-state index contributed by atoms with van der Waals surface area (Å²) >= 11 is 0. The predicted molar refractivity (Wildman–Crippen MR) is 71.0 cm³/mol. The maximum Gasteiger partial charge on any atom is 0.123 e. The highest BCUT2D eigenvalue weighted by molar-refractivity contribution is 5.19. The first-order valence-corrected chi connectivity index (χ1v) is 6.63. The fraction of sp³-hybridized carbons (Fsp3) is 0.600. The molecule has 0 aromatic heterocycles. The van der Waals surface area contributed by atoms with Gasteiger partial charge < -0.3 is 10.1 Å². The number of hydrogen-bond acceptors (Lipinski definition) is 2. The highest BCUT2D eigenvalue weighted by Crippen LogP contribution is 2.29. The third kappa shape index (κ3) is 3.53. The van der Waals surface area contributed by atoms with E-state index in [0.717, 1.165) is 24.9 Å². The van der Waals surface area contributed by atoms with Gasteiger partial charge in [-0.05, 0) is 51.3 Å². The molecule has 3 heteroatoms. The van der Waals surface area contributed by atoms with Gasteiger partial charge in [-0.15, -0.1) is 0 Å². The maximum absolute atomic E-state index is 13.1. The van der Waals surface area contributed by atoms with Gasteiger partial charge in [0.2, 0.25) is 0 Å². The molecule has 18 heavy (non-hydrogen) atoms. The average Bonchev–Trinajstić information content (AvgIpc) is 2.66. The second kappa shape index (κ2) is 5.37. The number of ether oxygens (including phenoxy) is 1. The fourth-order valence-corrected chi connectivity index (χ4v) is 2.42. The lowest BCUT2D eigenvalue weighted by Crippen LogP contribution is -2.31. The Morgan fingerprint density at radius 1 is 1.50 bits per heavy atom. The normalized spacial score (nSPS) is 24.1. The Morgan fingerprint density at radius 3 is 2.89 bits per heavy atom. The van der Waals surface area contributed by atoms with E-state index in [-0.39, 0.29) is 23.6 Å².